The summed E-state index contributed by atoms with van der Waals surface area (Å²) in [6, 6.07) is 16.5. The van der Waals surface area contributed by atoms with Crippen LogP contribution in [0.5, 0.6) is 0 Å². The third-order valence-electron chi connectivity index (χ3n) is 2.83. The van der Waals surface area contributed by atoms with E-state index in [1.54, 1.807) is 6.33 Å². The van der Waals surface area contributed by atoms with Gasteiger partial charge in [-0.15, -0.1) is 0 Å². The summed E-state index contributed by atoms with van der Waals surface area (Å²) in [4.78, 5) is 8.69. The van der Waals surface area contributed by atoms with E-state index < -0.39 is 0 Å². The second-order valence-electron chi connectivity index (χ2n) is 4.11. The van der Waals surface area contributed by atoms with Gasteiger partial charge in [0.25, 0.3) is 0 Å². The van der Waals surface area contributed by atoms with Crippen LogP contribution < -0.4 is 0 Å². The molecule has 2 nitrogen and oxygen atoms in total. The Balaban J connectivity index is 2.30. The second kappa shape index (κ2) is 3.98. The second-order valence-corrected chi connectivity index (χ2v) is 4.11. The van der Waals surface area contributed by atoms with Crippen molar-refractivity contribution in [3.63, 3.8) is 0 Å². The Morgan fingerprint density at radius 3 is 2.65 bits per heavy atom. The largest absolute Gasteiger partial charge is 0.236 e. The van der Waals surface area contributed by atoms with Crippen molar-refractivity contribution in [3.05, 3.63) is 60.4 Å². The highest BCUT2D eigenvalue weighted by atomic mass is 14.8. The molecule has 1 aromatic heterocycles. The van der Waals surface area contributed by atoms with Gasteiger partial charge in [-0.1, -0.05) is 42.0 Å². The summed E-state index contributed by atoms with van der Waals surface area (Å²) in [5.74, 6) is 0. The standard InChI is InChI=1S/C15H12N2/c1-11-5-4-6-12(9-11)15-13-7-2-3-8-14(13)16-10-17-15/h2-10H,1H3. The first kappa shape index (κ1) is 9.97. The summed E-state index contributed by atoms with van der Waals surface area (Å²) in [6.07, 6.45) is 1.62. The van der Waals surface area contributed by atoms with Gasteiger partial charge in [0.05, 0.1) is 11.2 Å². The fourth-order valence-electron chi connectivity index (χ4n) is 2.03. The Morgan fingerprint density at radius 2 is 1.76 bits per heavy atom. The molecule has 0 saturated carbocycles. The minimum atomic E-state index is 0.985. The Morgan fingerprint density at radius 1 is 0.882 bits per heavy atom. The van der Waals surface area contributed by atoms with E-state index in [1.807, 2.05) is 18.2 Å². The summed E-state index contributed by atoms with van der Waals surface area (Å²) in [5.41, 5.74) is 4.37. The van der Waals surface area contributed by atoms with Gasteiger partial charge >= 0.3 is 0 Å². The van der Waals surface area contributed by atoms with Crippen molar-refractivity contribution in [2.45, 2.75) is 6.92 Å². The predicted octanol–water partition coefficient (Wildman–Crippen LogP) is 3.61. The van der Waals surface area contributed by atoms with E-state index in [2.05, 4.69) is 47.2 Å². The molecule has 3 aromatic rings. The van der Waals surface area contributed by atoms with Crippen LogP contribution in [0.15, 0.2) is 54.9 Å². The summed E-state index contributed by atoms with van der Waals surface area (Å²) in [5, 5.41) is 1.10. The predicted molar refractivity (Wildman–Crippen MR) is 69.7 cm³/mol. The normalized spacial score (nSPS) is 10.6. The molecule has 1 heterocycles. The van der Waals surface area contributed by atoms with Crippen molar-refractivity contribution < 1.29 is 0 Å². The Hall–Kier alpha value is -2.22. The minimum Gasteiger partial charge on any atom is -0.236 e. The van der Waals surface area contributed by atoms with Crippen LogP contribution in [0.2, 0.25) is 0 Å². The number of benzene rings is 2. The van der Waals surface area contributed by atoms with Crippen molar-refractivity contribution in [2.24, 2.45) is 0 Å². The molecule has 0 aliphatic carbocycles. The highest BCUT2D eigenvalue weighted by Crippen LogP contribution is 2.25. The lowest BCUT2D eigenvalue weighted by molar-refractivity contribution is 1.22. The molecule has 0 unspecified atom stereocenters. The van der Waals surface area contributed by atoms with Gasteiger partial charge in [-0.3, -0.25) is 0 Å². The van der Waals surface area contributed by atoms with Crippen molar-refractivity contribution in [3.8, 4) is 11.3 Å². The molecular weight excluding hydrogens is 208 g/mol. The number of fused-ring (bicyclic) bond motifs is 1. The molecule has 0 bridgehead atoms. The zero-order chi connectivity index (χ0) is 11.7. The van der Waals surface area contributed by atoms with Gasteiger partial charge < -0.3 is 0 Å². The van der Waals surface area contributed by atoms with Crippen molar-refractivity contribution in [1.29, 1.82) is 0 Å². The van der Waals surface area contributed by atoms with Crippen molar-refractivity contribution in [2.75, 3.05) is 0 Å². The maximum absolute atomic E-state index is 4.41. The number of rotatable bonds is 1. The lowest BCUT2D eigenvalue weighted by Gasteiger charge is -2.05. The van der Waals surface area contributed by atoms with Crippen LogP contribution in [0.3, 0.4) is 0 Å². The molecule has 0 fully saturated rings. The Labute approximate surface area is 100.0 Å². The monoisotopic (exact) mass is 220 g/mol. The van der Waals surface area contributed by atoms with Gasteiger partial charge in [-0.05, 0) is 19.1 Å². The molecule has 17 heavy (non-hydrogen) atoms. The van der Waals surface area contributed by atoms with Crippen LogP contribution in [-0.2, 0) is 0 Å². The Kier molecular flexibility index (Phi) is 2.33. The molecule has 0 saturated heterocycles. The summed E-state index contributed by atoms with van der Waals surface area (Å²) in [7, 11) is 0. The fourth-order valence-corrected chi connectivity index (χ4v) is 2.03. The zero-order valence-corrected chi connectivity index (χ0v) is 9.59. The highest BCUT2D eigenvalue weighted by molar-refractivity contribution is 5.91. The van der Waals surface area contributed by atoms with Crippen molar-refractivity contribution >= 4 is 10.9 Å². The maximum atomic E-state index is 4.41. The first-order valence-electron chi connectivity index (χ1n) is 5.61. The Bertz CT molecular complexity index is 669. The highest BCUT2D eigenvalue weighted by Gasteiger charge is 2.05. The lowest BCUT2D eigenvalue weighted by Crippen LogP contribution is -1.88. The molecule has 82 valence electrons. The van der Waals surface area contributed by atoms with Crippen LogP contribution in [0.25, 0.3) is 22.2 Å². The number of para-hydroxylation sites is 1. The van der Waals surface area contributed by atoms with E-state index in [0.717, 1.165) is 22.2 Å². The van der Waals surface area contributed by atoms with Crippen LogP contribution in [0, 0.1) is 6.92 Å². The molecular formula is C15H12N2. The van der Waals surface area contributed by atoms with E-state index in [1.165, 1.54) is 5.56 Å². The summed E-state index contributed by atoms with van der Waals surface area (Å²) < 4.78 is 0. The molecule has 2 heteroatoms. The number of aromatic nitrogens is 2. The quantitative estimate of drug-likeness (QED) is 0.626. The van der Waals surface area contributed by atoms with Crippen LogP contribution >= 0.6 is 0 Å². The average molecular weight is 220 g/mol. The van der Waals surface area contributed by atoms with E-state index in [-0.39, 0.29) is 0 Å². The first-order chi connectivity index (χ1) is 8.34. The van der Waals surface area contributed by atoms with Crippen molar-refractivity contribution in [1.82, 2.24) is 9.97 Å². The topological polar surface area (TPSA) is 25.8 Å². The number of aryl methyl sites for hydroxylation is 1. The number of hydrogen-bond acceptors (Lipinski definition) is 2. The maximum Gasteiger partial charge on any atom is 0.116 e. The van der Waals surface area contributed by atoms with Crippen LogP contribution in [-0.4, -0.2) is 9.97 Å². The molecule has 0 aliphatic rings. The van der Waals surface area contributed by atoms with E-state index in [9.17, 15) is 0 Å². The third-order valence-corrected chi connectivity index (χ3v) is 2.83. The lowest BCUT2D eigenvalue weighted by atomic mass is 10.0. The van der Waals surface area contributed by atoms with Gasteiger partial charge in [0, 0.05) is 10.9 Å². The first-order valence-corrected chi connectivity index (χ1v) is 5.61. The molecule has 0 spiro atoms. The summed E-state index contributed by atoms with van der Waals surface area (Å²) in [6.45, 7) is 2.09. The van der Waals surface area contributed by atoms with Gasteiger partial charge in [-0.25, -0.2) is 9.97 Å². The molecule has 3 rings (SSSR count). The van der Waals surface area contributed by atoms with Gasteiger partial charge in [0.1, 0.15) is 6.33 Å². The number of nitrogens with zero attached hydrogens (tertiary/aromatic N) is 2. The summed E-state index contributed by atoms with van der Waals surface area (Å²) >= 11 is 0. The van der Waals surface area contributed by atoms with Gasteiger partial charge in [-0.2, -0.15) is 0 Å². The molecule has 0 aliphatic heterocycles. The molecule has 0 radical (unpaired) electrons. The number of hydrogen-bond donors (Lipinski definition) is 0. The molecule has 2 aromatic carbocycles. The molecule has 0 N–H and O–H groups in total. The smallest absolute Gasteiger partial charge is 0.116 e. The fraction of sp³-hybridized carbons (Fsp3) is 0.0667. The van der Waals surface area contributed by atoms with E-state index in [0.29, 0.717) is 0 Å². The van der Waals surface area contributed by atoms with Crippen LogP contribution in [0.1, 0.15) is 5.56 Å². The average Bonchev–Trinajstić information content (AvgIpc) is 2.38. The molecule has 0 atom stereocenters. The van der Waals surface area contributed by atoms with Gasteiger partial charge in [0.15, 0.2) is 0 Å². The SMILES string of the molecule is Cc1cccc(-c2ncnc3ccccc23)c1. The van der Waals surface area contributed by atoms with Gasteiger partial charge in [0.2, 0.25) is 0 Å². The third kappa shape index (κ3) is 1.78. The molecule has 0 amide bonds. The minimum absolute atomic E-state index is 0.985. The van der Waals surface area contributed by atoms with E-state index in [4.69, 9.17) is 0 Å². The van der Waals surface area contributed by atoms with E-state index >= 15 is 0 Å². The van der Waals surface area contributed by atoms with Crippen LogP contribution in [0.4, 0.5) is 0 Å². The zero-order valence-electron chi connectivity index (χ0n) is 9.59.